The summed E-state index contributed by atoms with van der Waals surface area (Å²) in [5.74, 6) is -0.938. The molecule has 7 heteroatoms. The monoisotopic (exact) mass is 343 g/mol. The molecule has 0 amide bonds. The molecular weight excluding hydrogens is 333 g/mol. The van der Waals surface area contributed by atoms with E-state index in [1.54, 1.807) is 19.9 Å². The molecule has 0 unspecified atom stereocenters. The lowest BCUT2D eigenvalue weighted by molar-refractivity contribution is 0.0517. The maximum Gasteiger partial charge on any atom is 0.358 e. The summed E-state index contributed by atoms with van der Waals surface area (Å²) < 4.78 is 4.92. The fourth-order valence-electron chi connectivity index (χ4n) is 1.69. The van der Waals surface area contributed by atoms with Gasteiger partial charge in [-0.3, -0.25) is 4.79 Å². The van der Waals surface area contributed by atoms with Gasteiger partial charge in [-0.15, -0.1) is 11.3 Å². The lowest BCUT2D eigenvalue weighted by atomic mass is 10.1. The Bertz CT molecular complexity index is 712. The molecule has 1 heterocycles. The third kappa shape index (κ3) is 3.43. The summed E-state index contributed by atoms with van der Waals surface area (Å²) in [6.45, 7) is 3.63. The van der Waals surface area contributed by atoms with E-state index < -0.39 is 5.97 Å². The maximum atomic E-state index is 12.5. The van der Waals surface area contributed by atoms with E-state index in [4.69, 9.17) is 27.9 Å². The van der Waals surface area contributed by atoms with Crippen LogP contribution >= 0.6 is 34.5 Å². The summed E-state index contributed by atoms with van der Waals surface area (Å²) in [6, 6.07) is 4.56. The van der Waals surface area contributed by atoms with Crippen molar-refractivity contribution in [3.63, 3.8) is 0 Å². The van der Waals surface area contributed by atoms with Crippen molar-refractivity contribution in [1.29, 1.82) is 0 Å². The van der Waals surface area contributed by atoms with Crippen molar-refractivity contribution in [2.24, 2.45) is 0 Å². The van der Waals surface area contributed by atoms with Crippen LogP contribution in [0.25, 0.3) is 0 Å². The van der Waals surface area contributed by atoms with Crippen LogP contribution in [0, 0.1) is 6.92 Å². The average molecular weight is 344 g/mol. The molecule has 4 nitrogen and oxygen atoms in total. The number of carbonyl (C=O) groups is 2. The molecule has 1 aromatic heterocycles. The van der Waals surface area contributed by atoms with Crippen molar-refractivity contribution in [2.75, 3.05) is 6.61 Å². The molecule has 0 bridgehead atoms. The van der Waals surface area contributed by atoms with Crippen LogP contribution in [0.15, 0.2) is 18.2 Å². The van der Waals surface area contributed by atoms with Crippen LogP contribution in [-0.4, -0.2) is 23.3 Å². The minimum Gasteiger partial charge on any atom is -0.461 e. The number of halogens is 2. The normalized spacial score (nSPS) is 10.5. The topological polar surface area (TPSA) is 56.3 Å². The van der Waals surface area contributed by atoms with E-state index in [9.17, 15) is 9.59 Å². The number of esters is 1. The van der Waals surface area contributed by atoms with Gasteiger partial charge in [0.1, 0.15) is 4.88 Å². The highest BCUT2D eigenvalue weighted by atomic mass is 35.5. The number of hydrogen-bond acceptors (Lipinski definition) is 5. The highest BCUT2D eigenvalue weighted by molar-refractivity contribution is 7.14. The number of rotatable bonds is 4. The first-order valence-corrected chi connectivity index (χ1v) is 7.65. The van der Waals surface area contributed by atoms with E-state index in [0.717, 1.165) is 11.3 Å². The average Bonchev–Trinajstić information content (AvgIpc) is 2.83. The molecule has 0 fully saturated rings. The van der Waals surface area contributed by atoms with E-state index >= 15 is 0 Å². The lowest BCUT2D eigenvalue weighted by Crippen LogP contribution is -2.11. The van der Waals surface area contributed by atoms with Crippen LogP contribution in [-0.2, 0) is 4.74 Å². The molecule has 2 rings (SSSR count). The number of aryl methyl sites for hydroxylation is 1. The van der Waals surface area contributed by atoms with Crippen LogP contribution in [0.1, 0.15) is 37.7 Å². The molecular formula is C14H11Cl2NO3S. The Morgan fingerprint density at radius 1 is 1.29 bits per heavy atom. The fraction of sp³-hybridized carbons (Fsp3) is 0.214. The number of aromatic nitrogens is 1. The van der Waals surface area contributed by atoms with E-state index in [0.29, 0.717) is 15.6 Å². The first-order valence-electron chi connectivity index (χ1n) is 6.08. The summed E-state index contributed by atoms with van der Waals surface area (Å²) in [7, 11) is 0. The van der Waals surface area contributed by atoms with E-state index in [-0.39, 0.29) is 28.0 Å². The molecule has 0 saturated carbocycles. The third-order valence-corrected chi connectivity index (χ3v) is 4.30. The van der Waals surface area contributed by atoms with Gasteiger partial charge in [0.05, 0.1) is 21.7 Å². The molecule has 2 aromatic rings. The van der Waals surface area contributed by atoms with Gasteiger partial charge in [-0.05, 0) is 32.0 Å². The second-order valence-corrected chi connectivity index (χ2v) is 6.11. The highest BCUT2D eigenvalue weighted by Crippen LogP contribution is 2.27. The molecule has 0 atom stereocenters. The second kappa shape index (κ2) is 6.56. The van der Waals surface area contributed by atoms with Gasteiger partial charge in [-0.1, -0.05) is 23.2 Å². The van der Waals surface area contributed by atoms with Crippen LogP contribution in [0.2, 0.25) is 10.0 Å². The Kier molecular flexibility index (Phi) is 4.98. The lowest BCUT2D eigenvalue weighted by Gasteiger charge is -2.03. The number of nitrogens with zero attached hydrogens (tertiary/aromatic N) is 1. The molecule has 0 radical (unpaired) electrons. The summed E-state index contributed by atoms with van der Waals surface area (Å²) in [6.07, 6.45) is 0. The van der Waals surface area contributed by atoms with Crippen molar-refractivity contribution in [3.8, 4) is 0 Å². The van der Waals surface area contributed by atoms with Gasteiger partial charge in [-0.25, -0.2) is 9.78 Å². The Hall–Kier alpha value is -1.43. The van der Waals surface area contributed by atoms with E-state index in [1.807, 2.05) is 0 Å². The van der Waals surface area contributed by atoms with Crippen LogP contribution in [0.3, 0.4) is 0 Å². The van der Waals surface area contributed by atoms with Gasteiger partial charge < -0.3 is 4.74 Å². The number of hydrogen-bond donors (Lipinski definition) is 0. The van der Waals surface area contributed by atoms with E-state index in [1.165, 1.54) is 12.1 Å². The van der Waals surface area contributed by atoms with Crippen molar-refractivity contribution in [3.05, 3.63) is 49.4 Å². The zero-order valence-corrected chi connectivity index (χ0v) is 13.6. The van der Waals surface area contributed by atoms with Crippen molar-refractivity contribution >= 4 is 46.3 Å². The van der Waals surface area contributed by atoms with Crippen molar-refractivity contribution in [2.45, 2.75) is 13.8 Å². The summed E-state index contributed by atoms with van der Waals surface area (Å²) in [4.78, 5) is 28.7. The van der Waals surface area contributed by atoms with E-state index in [2.05, 4.69) is 4.98 Å². The SMILES string of the molecule is CCOC(=O)c1nc(C)sc1C(=O)c1ccc(Cl)c(Cl)c1. The number of ether oxygens (including phenoxy) is 1. The molecule has 0 aliphatic rings. The minimum atomic E-state index is -0.606. The standard InChI is InChI=1S/C14H11Cl2NO3S/c1-3-20-14(19)11-13(21-7(2)17-11)12(18)8-4-5-9(15)10(16)6-8/h4-6H,3H2,1-2H3. The van der Waals surface area contributed by atoms with Gasteiger partial charge in [0.25, 0.3) is 0 Å². The highest BCUT2D eigenvalue weighted by Gasteiger charge is 2.24. The number of benzene rings is 1. The smallest absolute Gasteiger partial charge is 0.358 e. The summed E-state index contributed by atoms with van der Waals surface area (Å²) >= 11 is 12.9. The zero-order valence-electron chi connectivity index (χ0n) is 11.3. The summed E-state index contributed by atoms with van der Waals surface area (Å²) in [5.41, 5.74) is 0.383. The Morgan fingerprint density at radius 2 is 2.00 bits per heavy atom. The summed E-state index contributed by atoms with van der Waals surface area (Å²) in [5, 5.41) is 1.25. The first-order chi connectivity index (χ1) is 9.93. The number of ketones is 1. The second-order valence-electron chi connectivity index (χ2n) is 4.09. The molecule has 0 aliphatic carbocycles. The Morgan fingerprint density at radius 3 is 2.62 bits per heavy atom. The van der Waals surface area contributed by atoms with Crippen LogP contribution in [0.4, 0.5) is 0 Å². The third-order valence-electron chi connectivity index (χ3n) is 2.59. The van der Waals surface area contributed by atoms with Crippen molar-refractivity contribution < 1.29 is 14.3 Å². The maximum absolute atomic E-state index is 12.5. The predicted octanol–water partition coefficient (Wildman–Crippen LogP) is 4.17. The number of thiazole rings is 1. The predicted molar refractivity (Wildman–Crippen MR) is 82.7 cm³/mol. The van der Waals surface area contributed by atoms with Crippen molar-refractivity contribution in [1.82, 2.24) is 4.98 Å². The molecule has 0 saturated heterocycles. The fourth-order valence-corrected chi connectivity index (χ4v) is 2.85. The zero-order chi connectivity index (χ0) is 15.6. The van der Waals surface area contributed by atoms with Crippen LogP contribution < -0.4 is 0 Å². The Labute approximate surface area is 135 Å². The van der Waals surface area contributed by atoms with Gasteiger partial charge in [0, 0.05) is 5.56 Å². The molecule has 21 heavy (non-hydrogen) atoms. The molecule has 0 spiro atoms. The molecule has 110 valence electrons. The van der Waals surface area contributed by atoms with Crippen LogP contribution in [0.5, 0.6) is 0 Å². The molecule has 0 N–H and O–H groups in total. The van der Waals surface area contributed by atoms with Gasteiger partial charge >= 0.3 is 5.97 Å². The first kappa shape index (κ1) is 15.9. The quantitative estimate of drug-likeness (QED) is 0.617. The molecule has 1 aromatic carbocycles. The minimum absolute atomic E-state index is 0.0374. The van der Waals surface area contributed by atoms with Gasteiger partial charge in [0.15, 0.2) is 5.69 Å². The largest absolute Gasteiger partial charge is 0.461 e. The number of carbonyl (C=O) groups excluding carboxylic acids is 2. The van der Waals surface area contributed by atoms with Gasteiger partial charge in [-0.2, -0.15) is 0 Å². The Balaban J connectivity index is 2.43. The molecule has 0 aliphatic heterocycles. The van der Waals surface area contributed by atoms with Gasteiger partial charge in [0.2, 0.25) is 5.78 Å².